The van der Waals surface area contributed by atoms with Crippen molar-refractivity contribution in [3.05, 3.63) is 0 Å². The molecule has 2 atom stereocenters. The lowest BCUT2D eigenvalue weighted by Gasteiger charge is -2.34. The van der Waals surface area contributed by atoms with Crippen LogP contribution in [0.2, 0.25) is 0 Å². The minimum absolute atomic E-state index is 0.794. The van der Waals surface area contributed by atoms with E-state index in [1.165, 1.54) is 64.5 Å². The topological polar surface area (TPSA) is 15.3 Å². The Balaban J connectivity index is 1.88. The average Bonchev–Trinajstić information content (AvgIpc) is 3.06. The van der Waals surface area contributed by atoms with Crippen LogP contribution >= 0.6 is 0 Å². The Morgan fingerprint density at radius 1 is 1.05 bits per heavy atom. The lowest BCUT2D eigenvalue weighted by Crippen LogP contribution is -2.43. The van der Waals surface area contributed by atoms with Gasteiger partial charge in [-0.3, -0.25) is 0 Å². The highest BCUT2D eigenvalue weighted by molar-refractivity contribution is 4.87. The summed E-state index contributed by atoms with van der Waals surface area (Å²) in [5.74, 6) is 1.75. The molecule has 0 aromatic heterocycles. The summed E-state index contributed by atoms with van der Waals surface area (Å²) in [5.41, 5.74) is 0. The van der Waals surface area contributed by atoms with Crippen LogP contribution in [-0.4, -0.2) is 36.6 Å². The fourth-order valence-corrected chi connectivity index (χ4v) is 4.20. The first-order chi connectivity index (χ1) is 9.70. The van der Waals surface area contributed by atoms with Gasteiger partial charge >= 0.3 is 0 Å². The van der Waals surface area contributed by atoms with Gasteiger partial charge in [-0.1, -0.05) is 40.0 Å². The third kappa shape index (κ3) is 4.73. The smallest absolute Gasteiger partial charge is 0.0107 e. The maximum atomic E-state index is 3.73. The van der Waals surface area contributed by atoms with Crippen molar-refractivity contribution in [1.29, 1.82) is 0 Å². The average molecular weight is 280 g/mol. The second-order valence-electron chi connectivity index (χ2n) is 7.47. The second-order valence-corrected chi connectivity index (χ2v) is 7.47. The molecule has 0 bridgehead atoms. The van der Waals surface area contributed by atoms with E-state index in [1.54, 1.807) is 0 Å². The van der Waals surface area contributed by atoms with Crippen molar-refractivity contribution in [2.45, 2.75) is 84.2 Å². The predicted octanol–water partition coefficient (Wildman–Crippen LogP) is 4.06. The van der Waals surface area contributed by atoms with Crippen molar-refractivity contribution in [3.63, 3.8) is 0 Å². The molecule has 0 saturated heterocycles. The highest BCUT2D eigenvalue weighted by atomic mass is 15.2. The van der Waals surface area contributed by atoms with Gasteiger partial charge in [-0.25, -0.2) is 0 Å². The van der Waals surface area contributed by atoms with E-state index in [0.29, 0.717) is 0 Å². The highest BCUT2D eigenvalue weighted by Gasteiger charge is 2.31. The van der Waals surface area contributed by atoms with Crippen LogP contribution in [0.4, 0.5) is 0 Å². The Kier molecular flexibility index (Phi) is 6.83. The molecule has 0 amide bonds. The zero-order valence-corrected chi connectivity index (χ0v) is 14.0. The Morgan fingerprint density at radius 3 is 2.45 bits per heavy atom. The second kappa shape index (κ2) is 8.38. The Bertz CT molecular complexity index is 258. The van der Waals surface area contributed by atoms with Crippen molar-refractivity contribution in [2.24, 2.45) is 11.8 Å². The van der Waals surface area contributed by atoms with Gasteiger partial charge < -0.3 is 10.2 Å². The van der Waals surface area contributed by atoms with Gasteiger partial charge in [0.2, 0.25) is 0 Å². The fraction of sp³-hybridized carbons (Fsp3) is 1.00. The molecule has 2 heteroatoms. The predicted molar refractivity (Wildman–Crippen MR) is 88.1 cm³/mol. The van der Waals surface area contributed by atoms with Gasteiger partial charge in [0.05, 0.1) is 0 Å². The molecule has 0 aliphatic heterocycles. The molecule has 2 fully saturated rings. The lowest BCUT2D eigenvalue weighted by molar-refractivity contribution is 0.150. The fourth-order valence-electron chi connectivity index (χ4n) is 4.20. The number of rotatable bonds is 8. The third-order valence-corrected chi connectivity index (χ3v) is 5.43. The normalized spacial score (nSPS) is 28.1. The molecule has 0 aromatic rings. The molecule has 0 radical (unpaired) electrons. The number of nitrogens with zero attached hydrogens (tertiary/aromatic N) is 1. The molecule has 2 aliphatic carbocycles. The molecule has 118 valence electrons. The quantitative estimate of drug-likeness (QED) is 0.721. The summed E-state index contributed by atoms with van der Waals surface area (Å²) in [6, 6.07) is 1.69. The van der Waals surface area contributed by atoms with Crippen molar-refractivity contribution < 1.29 is 0 Å². The van der Waals surface area contributed by atoms with Crippen LogP contribution in [0.1, 0.15) is 72.1 Å². The molecular weight excluding hydrogens is 244 g/mol. The zero-order chi connectivity index (χ0) is 14.4. The molecule has 2 unspecified atom stereocenters. The third-order valence-electron chi connectivity index (χ3n) is 5.43. The number of hydrogen-bond acceptors (Lipinski definition) is 2. The summed E-state index contributed by atoms with van der Waals surface area (Å²) in [6.45, 7) is 10.8. The molecule has 1 N–H and O–H groups in total. The number of nitrogens with one attached hydrogen (secondary N) is 1. The van der Waals surface area contributed by atoms with E-state index in [-0.39, 0.29) is 0 Å². The SMILES string of the molecule is CCNC1CCCC1CN(CCC(C)C)C1CCCC1. The maximum absolute atomic E-state index is 3.73. The first kappa shape index (κ1) is 16.3. The van der Waals surface area contributed by atoms with Gasteiger partial charge in [0, 0.05) is 18.6 Å². The van der Waals surface area contributed by atoms with Crippen LogP contribution in [0.15, 0.2) is 0 Å². The van der Waals surface area contributed by atoms with Gasteiger partial charge in [0.25, 0.3) is 0 Å². The molecule has 2 saturated carbocycles. The van der Waals surface area contributed by atoms with Crippen molar-refractivity contribution >= 4 is 0 Å². The monoisotopic (exact) mass is 280 g/mol. The van der Waals surface area contributed by atoms with Crippen molar-refractivity contribution in [2.75, 3.05) is 19.6 Å². The van der Waals surface area contributed by atoms with Crippen LogP contribution in [0, 0.1) is 11.8 Å². The first-order valence-corrected chi connectivity index (χ1v) is 9.18. The summed E-state index contributed by atoms with van der Waals surface area (Å²) in [7, 11) is 0. The van der Waals surface area contributed by atoms with Gasteiger partial charge in [-0.15, -0.1) is 0 Å². The largest absolute Gasteiger partial charge is 0.314 e. The van der Waals surface area contributed by atoms with Crippen LogP contribution < -0.4 is 5.32 Å². The van der Waals surface area contributed by atoms with E-state index >= 15 is 0 Å². The van der Waals surface area contributed by atoms with Crippen LogP contribution in [0.3, 0.4) is 0 Å². The summed E-state index contributed by atoms with van der Waals surface area (Å²) >= 11 is 0. The molecule has 0 aromatic carbocycles. The zero-order valence-electron chi connectivity index (χ0n) is 14.0. The standard InChI is InChI=1S/C18H36N2/c1-4-19-18-11-7-8-16(18)14-20(13-12-15(2)3)17-9-5-6-10-17/h15-19H,4-14H2,1-3H3. The van der Waals surface area contributed by atoms with E-state index in [1.807, 2.05) is 0 Å². The van der Waals surface area contributed by atoms with Gasteiger partial charge in [-0.05, 0) is 57.0 Å². The van der Waals surface area contributed by atoms with E-state index < -0.39 is 0 Å². The lowest BCUT2D eigenvalue weighted by atomic mass is 10.0. The molecule has 2 rings (SSSR count). The van der Waals surface area contributed by atoms with E-state index in [4.69, 9.17) is 0 Å². The molecular formula is C18H36N2. The molecule has 20 heavy (non-hydrogen) atoms. The first-order valence-electron chi connectivity index (χ1n) is 9.18. The van der Waals surface area contributed by atoms with Crippen LogP contribution in [0.25, 0.3) is 0 Å². The van der Waals surface area contributed by atoms with Crippen molar-refractivity contribution in [1.82, 2.24) is 10.2 Å². The van der Waals surface area contributed by atoms with E-state index in [0.717, 1.165) is 30.5 Å². The van der Waals surface area contributed by atoms with E-state index in [2.05, 4.69) is 31.0 Å². The van der Waals surface area contributed by atoms with Gasteiger partial charge in [-0.2, -0.15) is 0 Å². The molecule has 2 nitrogen and oxygen atoms in total. The van der Waals surface area contributed by atoms with Crippen LogP contribution in [-0.2, 0) is 0 Å². The van der Waals surface area contributed by atoms with Gasteiger partial charge in [0.15, 0.2) is 0 Å². The van der Waals surface area contributed by atoms with Crippen LogP contribution in [0.5, 0.6) is 0 Å². The molecule has 0 spiro atoms. The van der Waals surface area contributed by atoms with Gasteiger partial charge in [0.1, 0.15) is 0 Å². The molecule has 2 aliphatic rings. The Labute approximate surface area is 126 Å². The highest BCUT2D eigenvalue weighted by Crippen LogP contribution is 2.30. The Hall–Kier alpha value is -0.0800. The summed E-state index contributed by atoms with van der Waals surface area (Å²) in [5, 5.41) is 3.73. The number of hydrogen-bond donors (Lipinski definition) is 1. The summed E-state index contributed by atoms with van der Waals surface area (Å²) < 4.78 is 0. The molecule has 0 heterocycles. The minimum Gasteiger partial charge on any atom is -0.314 e. The summed E-state index contributed by atoms with van der Waals surface area (Å²) in [6.07, 6.45) is 11.5. The van der Waals surface area contributed by atoms with Crippen molar-refractivity contribution in [3.8, 4) is 0 Å². The Morgan fingerprint density at radius 2 is 1.80 bits per heavy atom. The minimum atomic E-state index is 0.794. The maximum Gasteiger partial charge on any atom is 0.0107 e. The van der Waals surface area contributed by atoms with E-state index in [9.17, 15) is 0 Å². The summed E-state index contributed by atoms with van der Waals surface area (Å²) in [4.78, 5) is 2.87.